The van der Waals surface area contributed by atoms with Crippen molar-refractivity contribution < 1.29 is 0 Å². The third-order valence-corrected chi connectivity index (χ3v) is 4.25. The number of hydrogen-bond acceptors (Lipinski definition) is 2. The first-order valence-electron chi connectivity index (χ1n) is 6.48. The van der Waals surface area contributed by atoms with Crippen LogP contribution >= 0.6 is 15.9 Å². The molecule has 0 aliphatic heterocycles. The maximum atomic E-state index is 5.98. The van der Waals surface area contributed by atoms with Gasteiger partial charge in [-0.1, -0.05) is 35.2 Å². The number of nitrogens with two attached hydrogens (primary N) is 1. The van der Waals surface area contributed by atoms with Gasteiger partial charge in [0.15, 0.2) is 0 Å². The van der Waals surface area contributed by atoms with Crippen molar-refractivity contribution in [1.82, 2.24) is 0 Å². The Morgan fingerprint density at radius 2 is 2.00 bits per heavy atom. The summed E-state index contributed by atoms with van der Waals surface area (Å²) < 4.78 is 1.07. The third kappa shape index (κ3) is 3.38. The third-order valence-electron chi connectivity index (χ3n) is 3.76. The second kappa shape index (κ2) is 5.76. The number of benzene rings is 1. The van der Waals surface area contributed by atoms with Crippen molar-refractivity contribution in [2.45, 2.75) is 45.1 Å². The van der Waals surface area contributed by atoms with Crippen molar-refractivity contribution in [2.24, 2.45) is 5.92 Å². The molecule has 0 spiro atoms. The minimum atomic E-state index is 0.506. The van der Waals surface area contributed by atoms with Crippen molar-refractivity contribution in [1.29, 1.82) is 0 Å². The average molecular weight is 297 g/mol. The first kappa shape index (κ1) is 12.7. The summed E-state index contributed by atoms with van der Waals surface area (Å²) in [6.45, 7) is 2.27. The summed E-state index contributed by atoms with van der Waals surface area (Å²) >= 11 is 3.49. The molecule has 1 unspecified atom stereocenters. The SMILES string of the molecule is CC(Nc1cc(Br)ccc1N)C1CCCCC1. The first-order valence-corrected chi connectivity index (χ1v) is 7.27. The van der Waals surface area contributed by atoms with E-state index in [0.29, 0.717) is 6.04 Å². The molecular weight excluding hydrogens is 276 g/mol. The largest absolute Gasteiger partial charge is 0.397 e. The van der Waals surface area contributed by atoms with Gasteiger partial charge in [-0.2, -0.15) is 0 Å². The van der Waals surface area contributed by atoms with Crippen LogP contribution in [0, 0.1) is 5.92 Å². The van der Waals surface area contributed by atoms with Crippen LogP contribution in [-0.4, -0.2) is 6.04 Å². The standard InChI is InChI=1S/C14H21BrN2/c1-10(11-5-3-2-4-6-11)17-14-9-12(15)7-8-13(14)16/h7-11,17H,2-6,16H2,1H3. The van der Waals surface area contributed by atoms with Gasteiger partial charge in [-0.25, -0.2) is 0 Å². The van der Waals surface area contributed by atoms with Gasteiger partial charge in [-0.15, -0.1) is 0 Å². The summed E-state index contributed by atoms with van der Waals surface area (Å²) in [6, 6.07) is 6.49. The van der Waals surface area contributed by atoms with Gasteiger partial charge in [-0.3, -0.25) is 0 Å². The van der Waals surface area contributed by atoms with Crippen LogP contribution in [0.2, 0.25) is 0 Å². The van der Waals surface area contributed by atoms with Crippen molar-refractivity contribution >= 4 is 27.3 Å². The Labute approximate surface area is 112 Å². The predicted octanol–water partition coefficient (Wildman–Crippen LogP) is 4.41. The number of rotatable bonds is 3. The molecule has 1 aromatic carbocycles. The molecule has 0 aromatic heterocycles. The van der Waals surface area contributed by atoms with Crippen LogP contribution in [0.4, 0.5) is 11.4 Å². The molecule has 3 N–H and O–H groups in total. The van der Waals surface area contributed by atoms with E-state index in [-0.39, 0.29) is 0 Å². The van der Waals surface area contributed by atoms with E-state index in [4.69, 9.17) is 5.73 Å². The highest BCUT2D eigenvalue weighted by molar-refractivity contribution is 9.10. The fraction of sp³-hybridized carbons (Fsp3) is 0.571. The fourth-order valence-electron chi connectivity index (χ4n) is 2.65. The zero-order valence-electron chi connectivity index (χ0n) is 10.4. The van der Waals surface area contributed by atoms with Crippen molar-refractivity contribution in [3.63, 3.8) is 0 Å². The molecule has 0 radical (unpaired) electrons. The second-order valence-electron chi connectivity index (χ2n) is 5.06. The molecule has 0 heterocycles. The van der Waals surface area contributed by atoms with Gasteiger partial charge >= 0.3 is 0 Å². The molecule has 1 aromatic rings. The lowest BCUT2D eigenvalue weighted by Gasteiger charge is -2.29. The Morgan fingerprint density at radius 3 is 2.71 bits per heavy atom. The zero-order valence-corrected chi connectivity index (χ0v) is 12.0. The minimum Gasteiger partial charge on any atom is -0.397 e. The summed E-state index contributed by atoms with van der Waals surface area (Å²) in [5.41, 5.74) is 7.87. The van der Waals surface area contributed by atoms with Crippen molar-refractivity contribution in [3.05, 3.63) is 22.7 Å². The van der Waals surface area contributed by atoms with Crippen molar-refractivity contribution in [2.75, 3.05) is 11.1 Å². The van der Waals surface area contributed by atoms with Crippen LogP contribution in [0.5, 0.6) is 0 Å². The van der Waals surface area contributed by atoms with E-state index in [1.807, 2.05) is 12.1 Å². The summed E-state index contributed by atoms with van der Waals surface area (Å²) in [6.07, 6.45) is 6.86. The van der Waals surface area contributed by atoms with Gasteiger partial charge in [-0.05, 0) is 43.9 Å². The van der Waals surface area contributed by atoms with E-state index in [1.165, 1.54) is 32.1 Å². The van der Waals surface area contributed by atoms with Crippen LogP contribution in [-0.2, 0) is 0 Å². The number of hydrogen-bond donors (Lipinski definition) is 2. The molecule has 1 saturated carbocycles. The predicted molar refractivity (Wildman–Crippen MR) is 78.2 cm³/mol. The maximum Gasteiger partial charge on any atom is 0.0587 e. The van der Waals surface area contributed by atoms with Gasteiger partial charge in [0.2, 0.25) is 0 Å². The molecule has 2 rings (SSSR count). The fourth-order valence-corrected chi connectivity index (χ4v) is 3.01. The van der Waals surface area contributed by atoms with Crippen molar-refractivity contribution in [3.8, 4) is 0 Å². The quantitative estimate of drug-likeness (QED) is 0.811. The smallest absolute Gasteiger partial charge is 0.0587 e. The lowest BCUT2D eigenvalue weighted by Crippen LogP contribution is -2.28. The normalized spacial score (nSPS) is 18.9. The van der Waals surface area contributed by atoms with Gasteiger partial charge in [0.25, 0.3) is 0 Å². The van der Waals surface area contributed by atoms with E-state index < -0.39 is 0 Å². The van der Waals surface area contributed by atoms with E-state index >= 15 is 0 Å². The molecule has 1 fully saturated rings. The molecule has 94 valence electrons. The number of halogens is 1. The Bertz CT molecular complexity index is 372. The average Bonchev–Trinajstić information content (AvgIpc) is 2.35. The Kier molecular flexibility index (Phi) is 4.32. The number of nitrogen functional groups attached to an aromatic ring is 1. The van der Waals surface area contributed by atoms with Crippen LogP contribution in [0.3, 0.4) is 0 Å². The highest BCUT2D eigenvalue weighted by Crippen LogP contribution is 2.30. The van der Waals surface area contributed by atoms with Crippen LogP contribution < -0.4 is 11.1 Å². The molecule has 1 aliphatic carbocycles. The summed E-state index contributed by atoms with van der Waals surface area (Å²) in [7, 11) is 0. The summed E-state index contributed by atoms with van der Waals surface area (Å²) in [4.78, 5) is 0. The highest BCUT2D eigenvalue weighted by Gasteiger charge is 2.20. The van der Waals surface area contributed by atoms with Gasteiger partial charge in [0, 0.05) is 10.5 Å². The summed E-state index contributed by atoms with van der Waals surface area (Å²) in [5.74, 6) is 0.794. The van der Waals surface area contributed by atoms with E-state index in [1.54, 1.807) is 0 Å². The Balaban J connectivity index is 2.01. The Hall–Kier alpha value is -0.700. The van der Waals surface area contributed by atoms with Crippen LogP contribution in [0.15, 0.2) is 22.7 Å². The molecule has 1 atom stereocenters. The zero-order chi connectivity index (χ0) is 12.3. The van der Waals surface area contributed by atoms with Gasteiger partial charge in [0.1, 0.15) is 0 Å². The monoisotopic (exact) mass is 296 g/mol. The van der Waals surface area contributed by atoms with E-state index in [0.717, 1.165) is 21.8 Å². The number of anilines is 2. The lowest BCUT2D eigenvalue weighted by molar-refractivity contribution is 0.328. The van der Waals surface area contributed by atoms with Gasteiger partial charge < -0.3 is 11.1 Å². The van der Waals surface area contributed by atoms with Gasteiger partial charge in [0.05, 0.1) is 11.4 Å². The Morgan fingerprint density at radius 1 is 1.29 bits per heavy atom. The van der Waals surface area contributed by atoms with Crippen LogP contribution in [0.25, 0.3) is 0 Å². The number of nitrogens with one attached hydrogen (secondary N) is 1. The molecule has 0 bridgehead atoms. The molecular formula is C14H21BrN2. The molecule has 0 amide bonds. The van der Waals surface area contributed by atoms with Crippen LogP contribution in [0.1, 0.15) is 39.0 Å². The lowest BCUT2D eigenvalue weighted by atomic mass is 9.84. The molecule has 17 heavy (non-hydrogen) atoms. The first-order chi connectivity index (χ1) is 8.16. The molecule has 0 saturated heterocycles. The topological polar surface area (TPSA) is 38.0 Å². The highest BCUT2D eigenvalue weighted by atomic mass is 79.9. The second-order valence-corrected chi connectivity index (χ2v) is 5.98. The summed E-state index contributed by atoms with van der Waals surface area (Å²) in [5, 5.41) is 3.57. The minimum absolute atomic E-state index is 0.506. The van der Waals surface area contributed by atoms with E-state index in [9.17, 15) is 0 Å². The van der Waals surface area contributed by atoms with E-state index in [2.05, 4.69) is 34.2 Å². The maximum absolute atomic E-state index is 5.98. The molecule has 3 heteroatoms. The molecule has 2 nitrogen and oxygen atoms in total. The molecule has 1 aliphatic rings.